The van der Waals surface area contributed by atoms with E-state index in [1.165, 1.54) is 0 Å². The number of carbonyl (C=O) groups is 1. The number of nitrogens with one attached hydrogen (secondary N) is 1. The number of alkyl halides is 3. The van der Waals surface area contributed by atoms with Gasteiger partial charge in [0.1, 0.15) is 0 Å². The van der Waals surface area contributed by atoms with E-state index in [2.05, 4.69) is 5.32 Å². The first-order valence-electron chi connectivity index (χ1n) is 5.93. The average molecular weight is 291 g/mol. The lowest BCUT2D eigenvalue weighted by Crippen LogP contribution is -2.20. The molecule has 1 unspecified atom stereocenters. The van der Waals surface area contributed by atoms with Gasteiger partial charge in [-0.25, -0.2) is 0 Å². The van der Waals surface area contributed by atoms with Crippen molar-refractivity contribution in [3.63, 3.8) is 0 Å². The van der Waals surface area contributed by atoms with E-state index in [1.54, 1.807) is 31.2 Å². The zero-order valence-corrected chi connectivity index (χ0v) is 11.6. The second-order valence-corrected chi connectivity index (χ2v) is 5.22. The van der Waals surface area contributed by atoms with Crippen LogP contribution in [0.1, 0.15) is 20.3 Å². The van der Waals surface area contributed by atoms with Gasteiger partial charge in [-0.2, -0.15) is 13.2 Å². The van der Waals surface area contributed by atoms with Gasteiger partial charge >= 0.3 is 6.18 Å². The van der Waals surface area contributed by atoms with Crippen molar-refractivity contribution in [1.29, 1.82) is 0 Å². The van der Waals surface area contributed by atoms with Crippen molar-refractivity contribution in [2.75, 3.05) is 11.1 Å². The first kappa shape index (κ1) is 15.9. The van der Waals surface area contributed by atoms with Crippen LogP contribution in [-0.2, 0) is 4.79 Å². The quantitative estimate of drug-likeness (QED) is 0.818. The van der Waals surface area contributed by atoms with Gasteiger partial charge in [0.05, 0.1) is 11.4 Å². The summed E-state index contributed by atoms with van der Waals surface area (Å²) >= 11 is 0.676. The molecule has 0 aliphatic rings. The van der Waals surface area contributed by atoms with Gasteiger partial charge in [0.15, 0.2) is 0 Å². The standard InChI is InChI=1S/C13H16F3NOS/c1-3-9(2)12(18)17-10-6-4-5-7-11(10)19-8-13(14,15)16/h4-7,9H,3,8H2,1-2H3,(H,17,18). The van der Waals surface area contributed by atoms with Gasteiger partial charge < -0.3 is 5.32 Å². The minimum absolute atomic E-state index is 0.166. The Bertz CT molecular complexity index is 434. The van der Waals surface area contributed by atoms with Crippen LogP contribution in [0.2, 0.25) is 0 Å². The number of para-hydroxylation sites is 1. The molecule has 0 aromatic heterocycles. The van der Waals surface area contributed by atoms with Gasteiger partial charge in [0, 0.05) is 10.8 Å². The molecule has 19 heavy (non-hydrogen) atoms. The number of anilines is 1. The number of benzene rings is 1. The van der Waals surface area contributed by atoms with Gasteiger partial charge in [0.2, 0.25) is 5.91 Å². The molecule has 106 valence electrons. The fraction of sp³-hybridized carbons (Fsp3) is 0.462. The summed E-state index contributed by atoms with van der Waals surface area (Å²) in [4.78, 5) is 12.2. The molecule has 0 radical (unpaired) electrons. The van der Waals surface area contributed by atoms with E-state index < -0.39 is 11.9 Å². The van der Waals surface area contributed by atoms with Gasteiger partial charge in [-0.3, -0.25) is 4.79 Å². The predicted molar refractivity (Wildman–Crippen MR) is 71.3 cm³/mol. The third kappa shape index (κ3) is 5.55. The number of thioether (sulfide) groups is 1. The fourth-order valence-electron chi connectivity index (χ4n) is 1.30. The van der Waals surface area contributed by atoms with E-state index in [-0.39, 0.29) is 11.8 Å². The minimum atomic E-state index is -4.22. The number of carbonyl (C=O) groups excluding carboxylic acids is 1. The van der Waals surface area contributed by atoms with E-state index in [0.717, 1.165) is 0 Å². The molecule has 0 saturated heterocycles. The van der Waals surface area contributed by atoms with Crippen molar-refractivity contribution in [3.05, 3.63) is 24.3 Å². The third-order valence-electron chi connectivity index (χ3n) is 2.60. The Labute approximate surface area is 114 Å². The number of hydrogen-bond acceptors (Lipinski definition) is 2. The van der Waals surface area contributed by atoms with Crippen LogP contribution in [0.5, 0.6) is 0 Å². The lowest BCUT2D eigenvalue weighted by atomic mass is 10.1. The van der Waals surface area contributed by atoms with Crippen LogP contribution >= 0.6 is 11.8 Å². The molecule has 0 bridgehead atoms. The largest absolute Gasteiger partial charge is 0.398 e. The number of halogens is 3. The van der Waals surface area contributed by atoms with Gasteiger partial charge in [-0.1, -0.05) is 26.0 Å². The maximum Gasteiger partial charge on any atom is 0.398 e. The van der Waals surface area contributed by atoms with Crippen molar-refractivity contribution >= 4 is 23.4 Å². The number of amides is 1. The smallest absolute Gasteiger partial charge is 0.325 e. The maximum absolute atomic E-state index is 12.2. The second kappa shape index (κ2) is 6.84. The molecule has 0 aliphatic carbocycles. The van der Waals surface area contributed by atoms with Crippen molar-refractivity contribution in [3.8, 4) is 0 Å². The molecule has 0 spiro atoms. The summed E-state index contributed by atoms with van der Waals surface area (Å²) in [6, 6.07) is 6.52. The molecule has 1 rings (SSSR count). The summed E-state index contributed by atoms with van der Waals surface area (Å²) in [5, 5.41) is 2.67. The lowest BCUT2D eigenvalue weighted by Gasteiger charge is -2.14. The molecular weight excluding hydrogens is 275 g/mol. The highest BCUT2D eigenvalue weighted by molar-refractivity contribution is 7.99. The zero-order chi connectivity index (χ0) is 14.5. The van der Waals surface area contributed by atoms with E-state index in [0.29, 0.717) is 28.8 Å². The van der Waals surface area contributed by atoms with Crippen LogP contribution in [0.25, 0.3) is 0 Å². The van der Waals surface area contributed by atoms with Crippen LogP contribution in [0.3, 0.4) is 0 Å². The maximum atomic E-state index is 12.2. The Kier molecular flexibility index (Phi) is 5.72. The normalized spacial score (nSPS) is 13.1. The average Bonchev–Trinajstić information content (AvgIpc) is 2.35. The Morgan fingerprint density at radius 3 is 2.58 bits per heavy atom. The molecule has 1 aromatic carbocycles. The number of hydrogen-bond donors (Lipinski definition) is 1. The first-order chi connectivity index (χ1) is 8.83. The Morgan fingerprint density at radius 2 is 2.00 bits per heavy atom. The van der Waals surface area contributed by atoms with Crippen LogP contribution in [0.4, 0.5) is 18.9 Å². The molecule has 0 heterocycles. The highest BCUT2D eigenvalue weighted by atomic mass is 32.2. The molecule has 1 amide bonds. The third-order valence-corrected chi connectivity index (χ3v) is 3.73. The highest BCUT2D eigenvalue weighted by Gasteiger charge is 2.27. The van der Waals surface area contributed by atoms with E-state index in [9.17, 15) is 18.0 Å². The SMILES string of the molecule is CCC(C)C(=O)Nc1ccccc1SCC(F)(F)F. The summed E-state index contributed by atoms with van der Waals surface area (Å²) in [7, 11) is 0. The summed E-state index contributed by atoms with van der Waals surface area (Å²) in [6.07, 6.45) is -3.54. The second-order valence-electron chi connectivity index (χ2n) is 4.20. The topological polar surface area (TPSA) is 29.1 Å². The lowest BCUT2D eigenvalue weighted by molar-refractivity contribution is -0.119. The molecule has 2 nitrogen and oxygen atoms in total. The van der Waals surface area contributed by atoms with E-state index in [1.807, 2.05) is 6.92 Å². The van der Waals surface area contributed by atoms with Crippen molar-refractivity contribution < 1.29 is 18.0 Å². The highest BCUT2D eigenvalue weighted by Crippen LogP contribution is 2.32. The van der Waals surface area contributed by atoms with Gasteiger partial charge in [-0.05, 0) is 18.6 Å². The summed E-state index contributed by atoms with van der Waals surface area (Å²) in [5.41, 5.74) is 0.432. The first-order valence-corrected chi connectivity index (χ1v) is 6.91. The van der Waals surface area contributed by atoms with E-state index in [4.69, 9.17) is 0 Å². The summed E-state index contributed by atoms with van der Waals surface area (Å²) < 4.78 is 36.6. The van der Waals surface area contributed by atoms with Crippen LogP contribution < -0.4 is 5.32 Å². The van der Waals surface area contributed by atoms with E-state index >= 15 is 0 Å². The van der Waals surface area contributed by atoms with Crippen molar-refractivity contribution in [1.82, 2.24) is 0 Å². The predicted octanol–water partition coefficient (Wildman–Crippen LogP) is 4.33. The molecule has 0 fully saturated rings. The molecule has 1 atom stereocenters. The van der Waals surface area contributed by atoms with Crippen molar-refractivity contribution in [2.24, 2.45) is 5.92 Å². The molecule has 1 N–H and O–H groups in total. The molecule has 1 aromatic rings. The molecule has 0 aliphatic heterocycles. The molecule has 0 saturated carbocycles. The minimum Gasteiger partial charge on any atom is -0.325 e. The monoisotopic (exact) mass is 291 g/mol. The Hall–Kier alpha value is -1.17. The van der Waals surface area contributed by atoms with Crippen LogP contribution in [-0.4, -0.2) is 17.8 Å². The number of rotatable bonds is 5. The summed E-state index contributed by atoms with van der Waals surface area (Å²) in [5.74, 6) is -1.31. The summed E-state index contributed by atoms with van der Waals surface area (Å²) in [6.45, 7) is 3.66. The molecular formula is C13H16F3NOS. The van der Waals surface area contributed by atoms with Gasteiger partial charge in [0.25, 0.3) is 0 Å². The van der Waals surface area contributed by atoms with Crippen LogP contribution in [0.15, 0.2) is 29.2 Å². The van der Waals surface area contributed by atoms with Crippen LogP contribution in [0, 0.1) is 5.92 Å². The molecule has 6 heteroatoms. The Balaban J connectivity index is 2.76. The Morgan fingerprint density at radius 1 is 1.37 bits per heavy atom. The fourth-order valence-corrected chi connectivity index (χ4v) is 2.07. The zero-order valence-electron chi connectivity index (χ0n) is 10.8. The van der Waals surface area contributed by atoms with Gasteiger partial charge in [-0.15, -0.1) is 11.8 Å². The van der Waals surface area contributed by atoms with Crippen molar-refractivity contribution in [2.45, 2.75) is 31.3 Å².